The van der Waals surface area contributed by atoms with Crippen molar-refractivity contribution < 1.29 is 9.90 Å². The van der Waals surface area contributed by atoms with Gasteiger partial charge < -0.3 is 16.2 Å². The summed E-state index contributed by atoms with van der Waals surface area (Å²) in [6.07, 6.45) is 3.24. The number of aliphatic hydroxyl groups excluding tert-OH is 1. The summed E-state index contributed by atoms with van der Waals surface area (Å²) in [7, 11) is 0. The molecule has 6 nitrogen and oxygen atoms in total. The first-order valence-corrected chi connectivity index (χ1v) is 5.90. The van der Waals surface area contributed by atoms with E-state index in [1.165, 1.54) is 6.07 Å². The Bertz CT molecular complexity index is 391. The lowest BCUT2D eigenvalue weighted by Crippen LogP contribution is -2.31. The van der Waals surface area contributed by atoms with Gasteiger partial charge in [0.15, 0.2) is 0 Å². The SMILES string of the molecule is Nc1cc(C(=O)NCC2CCCC2CO)[nH]n1. The molecule has 0 saturated heterocycles. The number of hydrogen-bond acceptors (Lipinski definition) is 4. The van der Waals surface area contributed by atoms with Crippen molar-refractivity contribution in [3.63, 3.8) is 0 Å². The first-order valence-electron chi connectivity index (χ1n) is 5.90. The normalized spacial score (nSPS) is 23.8. The standard InChI is InChI=1S/C11H18N4O2/c12-10-4-9(14-15-10)11(17)13-5-7-2-1-3-8(7)6-16/h4,7-8,16H,1-3,5-6H2,(H,13,17)(H3,12,14,15). The molecule has 2 unspecified atom stereocenters. The van der Waals surface area contributed by atoms with E-state index in [1.54, 1.807) is 0 Å². The summed E-state index contributed by atoms with van der Waals surface area (Å²) in [4.78, 5) is 11.7. The predicted molar refractivity (Wildman–Crippen MR) is 63.3 cm³/mol. The van der Waals surface area contributed by atoms with Gasteiger partial charge >= 0.3 is 0 Å². The van der Waals surface area contributed by atoms with Crippen LogP contribution in [0.4, 0.5) is 5.82 Å². The van der Waals surface area contributed by atoms with Crippen molar-refractivity contribution in [1.82, 2.24) is 15.5 Å². The van der Waals surface area contributed by atoms with E-state index in [1.807, 2.05) is 0 Å². The van der Waals surface area contributed by atoms with Gasteiger partial charge in [0.1, 0.15) is 11.5 Å². The first kappa shape index (κ1) is 11.9. The Hall–Kier alpha value is -1.56. The number of hydrogen-bond donors (Lipinski definition) is 4. The summed E-state index contributed by atoms with van der Waals surface area (Å²) in [5.41, 5.74) is 5.80. The second-order valence-corrected chi connectivity index (χ2v) is 4.55. The van der Waals surface area contributed by atoms with Crippen LogP contribution in [-0.2, 0) is 0 Å². The van der Waals surface area contributed by atoms with Gasteiger partial charge in [0.05, 0.1) is 0 Å². The minimum atomic E-state index is -0.196. The Morgan fingerprint density at radius 2 is 2.35 bits per heavy atom. The van der Waals surface area contributed by atoms with Crippen molar-refractivity contribution >= 4 is 11.7 Å². The first-order chi connectivity index (χ1) is 8.20. The number of nitrogens with one attached hydrogen (secondary N) is 2. The number of aliphatic hydroxyl groups is 1. The van der Waals surface area contributed by atoms with Crippen LogP contribution in [0, 0.1) is 11.8 Å². The molecule has 1 aliphatic carbocycles. The van der Waals surface area contributed by atoms with Crippen LogP contribution < -0.4 is 11.1 Å². The second-order valence-electron chi connectivity index (χ2n) is 4.55. The van der Waals surface area contributed by atoms with Gasteiger partial charge in [-0.25, -0.2) is 0 Å². The number of anilines is 1. The van der Waals surface area contributed by atoms with Crippen molar-refractivity contribution in [1.29, 1.82) is 0 Å². The molecule has 2 atom stereocenters. The zero-order chi connectivity index (χ0) is 12.3. The highest BCUT2D eigenvalue weighted by atomic mass is 16.3. The lowest BCUT2D eigenvalue weighted by molar-refractivity contribution is 0.0932. The topological polar surface area (TPSA) is 104 Å². The molecule has 1 amide bonds. The van der Waals surface area contributed by atoms with Crippen LogP contribution in [0.5, 0.6) is 0 Å². The third-order valence-electron chi connectivity index (χ3n) is 3.42. The Morgan fingerprint density at radius 3 is 3.00 bits per heavy atom. The van der Waals surface area contributed by atoms with E-state index >= 15 is 0 Å². The van der Waals surface area contributed by atoms with Gasteiger partial charge in [-0.3, -0.25) is 9.89 Å². The highest BCUT2D eigenvalue weighted by molar-refractivity contribution is 5.92. The lowest BCUT2D eigenvalue weighted by Gasteiger charge is -2.17. The Kier molecular flexibility index (Phi) is 3.63. The smallest absolute Gasteiger partial charge is 0.269 e. The third-order valence-corrected chi connectivity index (χ3v) is 3.42. The van der Waals surface area contributed by atoms with Crippen LogP contribution in [0.15, 0.2) is 6.07 Å². The number of rotatable bonds is 4. The molecule has 0 aliphatic heterocycles. The maximum Gasteiger partial charge on any atom is 0.269 e. The molecule has 17 heavy (non-hydrogen) atoms. The van der Waals surface area contributed by atoms with Crippen molar-refractivity contribution in [2.45, 2.75) is 19.3 Å². The number of nitrogen functional groups attached to an aromatic ring is 1. The van der Waals surface area contributed by atoms with Gasteiger partial charge in [-0.2, -0.15) is 5.10 Å². The number of nitrogens with zero attached hydrogens (tertiary/aromatic N) is 1. The molecule has 1 aliphatic rings. The molecule has 5 N–H and O–H groups in total. The van der Waals surface area contributed by atoms with Crippen molar-refractivity contribution in [3.8, 4) is 0 Å². The maximum absolute atomic E-state index is 11.7. The van der Waals surface area contributed by atoms with Crippen molar-refractivity contribution in [3.05, 3.63) is 11.8 Å². The molecule has 1 heterocycles. The van der Waals surface area contributed by atoms with E-state index in [2.05, 4.69) is 15.5 Å². The molecule has 6 heteroatoms. The summed E-state index contributed by atoms with van der Waals surface area (Å²) >= 11 is 0. The van der Waals surface area contributed by atoms with Gasteiger partial charge in [-0.1, -0.05) is 6.42 Å². The summed E-state index contributed by atoms with van der Waals surface area (Å²) < 4.78 is 0. The molecule has 0 aromatic carbocycles. The fraction of sp³-hybridized carbons (Fsp3) is 0.636. The quantitative estimate of drug-likeness (QED) is 0.598. The van der Waals surface area contributed by atoms with Crippen LogP contribution in [0.1, 0.15) is 29.8 Å². The number of aromatic amines is 1. The average molecular weight is 238 g/mol. The maximum atomic E-state index is 11.7. The number of nitrogens with two attached hydrogens (primary N) is 1. The summed E-state index contributed by atoms with van der Waals surface area (Å²) in [6.45, 7) is 0.806. The van der Waals surface area contributed by atoms with Gasteiger partial charge in [-0.05, 0) is 24.7 Å². The third kappa shape index (κ3) is 2.76. The minimum absolute atomic E-state index is 0.196. The molecule has 1 fully saturated rings. The molecule has 0 bridgehead atoms. The number of carbonyl (C=O) groups is 1. The Balaban J connectivity index is 1.84. The fourth-order valence-corrected chi connectivity index (χ4v) is 2.40. The molecule has 0 spiro atoms. The summed E-state index contributed by atoms with van der Waals surface area (Å²) in [6, 6.07) is 1.51. The van der Waals surface area contributed by atoms with Gasteiger partial charge in [0, 0.05) is 19.2 Å². The number of H-pyrrole nitrogens is 1. The van der Waals surface area contributed by atoms with E-state index in [-0.39, 0.29) is 12.5 Å². The molecule has 1 saturated carbocycles. The van der Waals surface area contributed by atoms with E-state index in [0.29, 0.717) is 29.9 Å². The van der Waals surface area contributed by atoms with Crippen LogP contribution in [0.2, 0.25) is 0 Å². The number of carbonyl (C=O) groups excluding carboxylic acids is 1. The van der Waals surface area contributed by atoms with Gasteiger partial charge in [0.25, 0.3) is 5.91 Å². The van der Waals surface area contributed by atoms with Gasteiger partial charge in [-0.15, -0.1) is 0 Å². The van der Waals surface area contributed by atoms with Crippen LogP contribution in [-0.4, -0.2) is 34.4 Å². The van der Waals surface area contributed by atoms with E-state index in [4.69, 9.17) is 5.73 Å². The van der Waals surface area contributed by atoms with Crippen molar-refractivity contribution in [2.75, 3.05) is 18.9 Å². The molecule has 1 aromatic heterocycles. The summed E-state index contributed by atoms with van der Waals surface area (Å²) in [5.74, 6) is 0.813. The molecule has 94 valence electrons. The highest BCUT2D eigenvalue weighted by Gasteiger charge is 2.26. The Morgan fingerprint density at radius 1 is 1.59 bits per heavy atom. The number of amides is 1. The van der Waals surface area contributed by atoms with Crippen LogP contribution in [0.3, 0.4) is 0 Å². The second kappa shape index (κ2) is 5.18. The predicted octanol–water partition coefficient (Wildman–Crippen LogP) is 0.130. The average Bonchev–Trinajstić information content (AvgIpc) is 2.94. The van der Waals surface area contributed by atoms with Crippen LogP contribution in [0.25, 0.3) is 0 Å². The largest absolute Gasteiger partial charge is 0.396 e. The zero-order valence-electron chi connectivity index (χ0n) is 9.65. The molecule has 0 radical (unpaired) electrons. The van der Waals surface area contributed by atoms with Gasteiger partial charge in [0.2, 0.25) is 0 Å². The van der Waals surface area contributed by atoms with E-state index < -0.39 is 0 Å². The monoisotopic (exact) mass is 238 g/mol. The van der Waals surface area contributed by atoms with Crippen LogP contribution >= 0.6 is 0 Å². The van der Waals surface area contributed by atoms with E-state index in [0.717, 1.165) is 19.3 Å². The minimum Gasteiger partial charge on any atom is -0.396 e. The number of aromatic nitrogens is 2. The molecular weight excluding hydrogens is 220 g/mol. The molecule has 1 aromatic rings. The van der Waals surface area contributed by atoms with E-state index in [9.17, 15) is 9.90 Å². The van der Waals surface area contributed by atoms with Crippen molar-refractivity contribution in [2.24, 2.45) is 11.8 Å². The zero-order valence-corrected chi connectivity index (χ0v) is 9.65. The summed E-state index contributed by atoms with van der Waals surface area (Å²) in [5, 5.41) is 18.3. The highest BCUT2D eigenvalue weighted by Crippen LogP contribution is 2.30. The fourth-order valence-electron chi connectivity index (χ4n) is 2.40. The molecule has 2 rings (SSSR count). The molecular formula is C11H18N4O2. The lowest BCUT2D eigenvalue weighted by atomic mass is 9.97. The Labute approximate surface area is 99.6 Å².